The van der Waals surface area contributed by atoms with Gasteiger partial charge in [0.2, 0.25) is 5.91 Å². The van der Waals surface area contributed by atoms with Crippen LogP contribution in [0.2, 0.25) is 0 Å². The molecule has 0 spiro atoms. The largest absolute Gasteiger partial charge is 0.369 e. The summed E-state index contributed by atoms with van der Waals surface area (Å²) in [5, 5.41) is 0. The summed E-state index contributed by atoms with van der Waals surface area (Å²) in [4.78, 5) is 19.6. The Kier molecular flexibility index (Phi) is 9.43. The molecule has 34 heavy (non-hydrogen) atoms. The molecule has 5 rings (SSSR count). The van der Waals surface area contributed by atoms with Crippen LogP contribution in [0.5, 0.6) is 0 Å². The van der Waals surface area contributed by atoms with E-state index >= 15 is 0 Å². The smallest absolute Gasteiger partial charge is 0.227 e. The molecular weight excluding hydrogens is 533 g/mol. The fourth-order valence-corrected chi connectivity index (χ4v) is 4.96. The first-order valence-corrected chi connectivity index (χ1v) is 12.1. The van der Waals surface area contributed by atoms with Crippen LogP contribution in [-0.2, 0) is 24.3 Å². The molecule has 2 heterocycles. The molecule has 1 amide bonds. The van der Waals surface area contributed by atoms with E-state index in [1.807, 2.05) is 23.1 Å². The Morgan fingerprint density at radius 2 is 1.41 bits per heavy atom. The predicted molar refractivity (Wildman–Crippen MR) is 149 cm³/mol. The Morgan fingerprint density at radius 3 is 2.12 bits per heavy atom. The van der Waals surface area contributed by atoms with Gasteiger partial charge in [-0.1, -0.05) is 58.4 Å². The lowest BCUT2D eigenvalue weighted by atomic mass is 9.99. The Balaban J connectivity index is 0.00000162. The first kappa shape index (κ1) is 26.6. The van der Waals surface area contributed by atoms with Crippen LogP contribution in [0.15, 0.2) is 77.3 Å². The van der Waals surface area contributed by atoms with Crippen LogP contribution in [0.25, 0.3) is 0 Å². The van der Waals surface area contributed by atoms with Crippen molar-refractivity contribution in [1.29, 1.82) is 0 Å². The van der Waals surface area contributed by atoms with Gasteiger partial charge in [-0.05, 0) is 53.4 Å². The molecule has 1 fully saturated rings. The summed E-state index contributed by atoms with van der Waals surface area (Å²) in [5.74, 6) is 0.218. The quantitative estimate of drug-likeness (QED) is 0.376. The molecule has 0 atom stereocenters. The summed E-state index contributed by atoms with van der Waals surface area (Å²) < 4.78 is 1.13. The lowest BCUT2D eigenvalue weighted by molar-refractivity contribution is -0.119. The molecule has 0 saturated carbocycles. The van der Waals surface area contributed by atoms with Gasteiger partial charge in [-0.2, -0.15) is 0 Å². The second-order valence-electron chi connectivity index (χ2n) is 8.67. The Hall–Kier alpha value is -2.05. The number of anilines is 2. The molecule has 180 valence electrons. The third-order valence-corrected chi connectivity index (χ3v) is 7.03. The fourth-order valence-electron chi connectivity index (χ4n) is 4.69. The second kappa shape index (κ2) is 12.1. The molecule has 0 N–H and O–H groups in total. The standard InChI is InChI=1S/C27H28BrN3O.2ClH/c28-24-9-6-22(7-10-24)19-29-14-16-30(17-15-29)25-11-12-26-23(18-25)8-13-27(32)31(26)20-21-4-2-1-3-5-21;;/h1-7,9-12,18H,8,13-17,19-20H2;2*1H. The number of hydrogen-bond donors (Lipinski definition) is 0. The maximum Gasteiger partial charge on any atom is 0.227 e. The Morgan fingerprint density at radius 1 is 0.735 bits per heavy atom. The number of benzene rings is 3. The molecule has 0 radical (unpaired) electrons. The van der Waals surface area contributed by atoms with E-state index in [1.165, 1.54) is 22.4 Å². The van der Waals surface area contributed by atoms with Gasteiger partial charge in [-0.25, -0.2) is 0 Å². The highest BCUT2D eigenvalue weighted by molar-refractivity contribution is 9.10. The SMILES string of the molecule is Cl.Cl.O=C1CCc2cc(N3CCN(Cc4ccc(Br)cc4)CC3)ccc2N1Cc1ccccc1. The van der Waals surface area contributed by atoms with Gasteiger partial charge in [0.25, 0.3) is 0 Å². The van der Waals surface area contributed by atoms with Gasteiger partial charge in [-0.3, -0.25) is 9.69 Å². The van der Waals surface area contributed by atoms with Gasteiger partial charge in [0.1, 0.15) is 0 Å². The maximum atomic E-state index is 12.7. The van der Waals surface area contributed by atoms with Crippen molar-refractivity contribution in [1.82, 2.24) is 4.90 Å². The van der Waals surface area contributed by atoms with Crippen molar-refractivity contribution in [3.63, 3.8) is 0 Å². The van der Waals surface area contributed by atoms with Gasteiger partial charge in [-0.15, -0.1) is 24.8 Å². The molecule has 0 aromatic heterocycles. The van der Waals surface area contributed by atoms with Crippen molar-refractivity contribution in [2.24, 2.45) is 0 Å². The van der Waals surface area contributed by atoms with Crippen LogP contribution in [0.4, 0.5) is 11.4 Å². The number of piperazine rings is 1. The summed E-state index contributed by atoms with van der Waals surface area (Å²) in [7, 11) is 0. The van der Waals surface area contributed by atoms with Crippen molar-refractivity contribution in [3.05, 3.63) is 94.0 Å². The first-order valence-electron chi connectivity index (χ1n) is 11.3. The molecular formula is C27H30BrCl2N3O. The van der Waals surface area contributed by atoms with Crippen LogP contribution in [-0.4, -0.2) is 37.0 Å². The summed E-state index contributed by atoms with van der Waals surface area (Å²) in [6.45, 7) is 5.82. The molecule has 0 aliphatic carbocycles. The second-order valence-corrected chi connectivity index (χ2v) is 9.58. The summed E-state index contributed by atoms with van der Waals surface area (Å²) >= 11 is 3.51. The van der Waals surface area contributed by atoms with E-state index in [1.54, 1.807) is 0 Å². The summed E-state index contributed by atoms with van der Waals surface area (Å²) in [6.07, 6.45) is 1.42. The number of nitrogens with zero attached hydrogens (tertiary/aromatic N) is 3. The maximum absolute atomic E-state index is 12.7. The zero-order valence-corrected chi connectivity index (χ0v) is 22.2. The van der Waals surface area contributed by atoms with E-state index in [4.69, 9.17) is 0 Å². The zero-order valence-electron chi connectivity index (χ0n) is 19.0. The van der Waals surface area contributed by atoms with Gasteiger partial charge in [0, 0.05) is 55.0 Å². The molecule has 1 saturated heterocycles. The van der Waals surface area contributed by atoms with Crippen LogP contribution < -0.4 is 9.80 Å². The van der Waals surface area contributed by atoms with Crippen LogP contribution >= 0.6 is 40.7 Å². The van der Waals surface area contributed by atoms with Crippen molar-refractivity contribution < 1.29 is 4.79 Å². The summed E-state index contributed by atoms with van der Waals surface area (Å²) in [6, 6.07) is 25.5. The number of aryl methyl sites for hydroxylation is 1. The summed E-state index contributed by atoms with van der Waals surface area (Å²) in [5.41, 5.74) is 6.16. The molecule has 3 aromatic carbocycles. The molecule has 0 bridgehead atoms. The molecule has 2 aliphatic heterocycles. The molecule has 2 aliphatic rings. The molecule has 3 aromatic rings. The average molecular weight is 563 g/mol. The number of carbonyl (C=O) groups excluding carboxylic acids is 1. The number of amides is 1. The van der Waals surface area contributed by atoms with Crippen molar-refractivity contribution in [2.75, 3.05) is 36.0 Å². The third kappa shape index (κ3) is 6.14. The van der Waals surface area contributed by atoms with Crippen molar-refractivity contribution in [2.45, 2.75) is 25.9 Å². The number of rotatable bonds is 5. The number of fused-ring (bicyclic) bond motifs is 1. The van der Waals surface area contributed by atoms with Crippen LogP contribution in [0, 0.1) is 0 Å². The van der Waals surface area contributed by atoms with Gasteiger partial charge in [0.15, 0.2) is 0 Å². The van der Waals surface area contributed by atoms with Gasteiger partial charge < -0.3 is 9.80 Å². The molecule has 7 heteroatoms. The topological polar surface area (TPSA) is 26.8 Å². The molecule has 4 nitrogen and oxygen atoms in total. The minimum absolute atomic E-state index is 0. The number of halogens is 3. The lowest BCUT2D eigenvalue weighted by Gasteiger charge is -2.37. The van der Waals surface area contributed by atoms with E-state index in [9.17, 15) is 4.79 Å². The van der Waals surface area contributed by atoms with Crippen LogP contribution in [0.3, 0.4) is 0 Å². The number of hydrogen-bond acceptors (Lipinski definition) is 3. The minimum Gasteiger partial charge on any atom is -0.369 e. The minimum atomic E-state index is 0. The van der Waals surface area contributed by atoms with E-state index in [0.29, 0.717) is 13.0 Å². The highest BCUT2D eigenvalue weighted by Gasteiger charge is 2.26. The van der Waals surface area contributed by atoms with Crippen molar-refractivity contribution in [3.8, 4) is 0 Å². The normalized spacial score (nSPS) is 15.9. The molecule has 0 unspecified atom stereocenters. The van der Waals surface area contributed by atoms with E-state index < -0.39 is 0 Å². The lowest BCUT2D eigenvalue weighted by Crippen LogP contribution is -2.46. The highest BCUT2D eigenvalue weighted by atomic mass is 79.9. The van der Waals surface area contributed by atoms with Gasteiger partial charge in [0.05, 0.1) is 6.54 Å². The first-order chi connectivity index (χ1) is 15.7. The van der Waals surface area contributed by atoms with Gasteiger partial charge >= 0.3 is 0 Å². The third-order valence-electron chi connectivity index (χ3n) is 6.50. The monoisotopic (exact) mass is 561 g/mol. The number of carbonyl (C=O) groups is 1. The van der Waals surface area contributed by atoms with E-state index in [-0.39, 0.29) is 30.7 Å². The Labute approximate surface area is 222 Å². The van der Waals surface area contributed by atoms with Crippen LogP contribution in [0.1, 0.15) is 23.1 Å². The fraction of sp³-hybridized carbons (Fsp3) is 0.296. The van der Waals surface area contributed by atoms with Crippen molar-refractivity contribution >= 4 is 58.0 Å². The van der Waals surface area contributed by atoms with E-state index in [0.717, 1.165) is 49.3 Å². The average Bonchev–Trinajstić information content (AvgIpc) is 2.83. The Bertz CT molecular complexity index is 1090. The van der Waals surface area contributed by atoms with E-state index in [2.05, 4.69) is 80.3 Å². The predicted octanol–water partition coefficient (Wildman–Crippen LogP) is 6.09. The highest BCUT2D eigenvalue weighted by Crippen LogP contribution is 2.33. The zero-order chi connectivity index (χ0) is 21.9.